The minimum absolute atomic E-state index is 0.0304. The zero-order valence-electron chi connectivity index (χ0n) is 24.1. The Morgan fingerprint density at radius 3 is 2.33 bits per heavy atom. The van der Waals surface area contributed by atoms with E-state index >= 15 is 0 Å². The molecular weight excluding hydrogens is 559 g/mol. The highest BCUT2D eigenvalue weighted by Crippen LogP contribution is 2.41. The summed E-state index contributed by atoms with van der Waals surface area (Å²) in [6, 6.07) is 8.99. The lowest BCUT2D eigenvalue weighted by Crippen LogP contribution is -2.28. The number of aliphatic carboxylic acids is 1. The molecule has 10 heteroatoms. The molecule has 2 aromatic rings. The molecule has 0 aliphatic heterocycles. The fraction of sp³-hybridized carbons (Fsp3) is 0.515. The Labute approximate surface area is 249 Å². The summed E-state index contributed by atoms with van der Waals surface area (Å²) in [6.45, 7) is 0.0304. The summed E-state index contributed by atoms with van der Waals surface area (Å²) in [6.07, 6.45) is 10.00. The van der Waals surface area contributed by atoms with Crippen LogP contribution in [0.25, 0.3) is 16.7 Å². The van der Waals surface area contributed by atoms with Crippen LogP contribution in [-0.4, -0.2) is 46.2 Å². The Morgan fingerprint density at radius 1 is 0.977 bits per heavy atom. The number of allylic oxidation sites excluding steroid dienone is 4. The molecule has 1 amide bonds. The van der Waals surface area contributed by atoms with Crippen LogP contribution in [0.3, 0.4) is 0 Å². The first-order valence-electron chi connectivity index (χ1n) is 15.3. The van der Waals surface area contributed by atoms with Crippen LogP contribution in [0, 0.1) is 11.8 Å². The molecule has 1 unspecified atom stereocenters. The normalized spacial score (nSPS) is 23.0. The predicted octanol–water partition coefficient (Wildman–Crippen LogP) is 7.45. The Balaban J connectivity index is 1.37. The maximum atomic E-state index is 12.8. The zero-order valence-corrected chi connectivity index (χ0v) is 24.1. The zero-order chi connectivity index (χ0) is 30.4. The lowest BCUT2D eigenvalue weighted by atomic mass is 9.76. The second-order valence-corrected chi connectivity index (χ2v) is 11.9. The summed E-state index contributed by atoms with van der Waals surface area (Å²) in [7, 11) is 0. The molecule has 1 aromatic heterocycles. The highest BCUT2D eigenvalue weighted by atomic mass is 19.4. The standard InChI is InChI=1S/C33H38F3N3O4/c34-33(35,36)43-27-16-14-25(15-17-27)31-28(23-8-12-26(13-9-23)32(42)37-19-18-30(40)41)20-29(38-39-31)24-10-6-22(7-11-24)21-4-2-1-3-5-21/h6,8-13,20-22,25,27H,1-5,7,14-19H2,(H,37,42)(H,40,41). The average Bonchev–Trinajstić information content (AvgIpc) is 3.01. The molecule has 1 atom stereocenters. The first-order chi connectivity index (χ1) is 20.7. The van der Waals surface area contributed by atoms with E-state index in [1.54, 1.807) is 12.1 Å². The first kappa shape index (κ1) is 30.9. The summed E-state index contributed by atoms with van der Waals surface area (Å²) in [4.78, 5) is 23.2. The van der Waals surface area contributed by atoms with Gasteiger partial charge in [-0.2, -0.15) is 10.2 Å². The molecule has 0 radical (unpaired) electrons. The number of rotatable bonds is 9. The number of hydrogen-bond acceptors (Lipinski definition) is 5. The summed E-state index contributed by atoms with van der Waals surface area (Å²) in [5.74, 6) is -0.164. The van der Waals surface area contributed by atoms with E-state index in [0.717, 1.165) is 40.4 Å². The van der Waals surface area contributed by atoms with Gasteiger partial charge < -0.3 is 10.4 Å². The SMILES string of the molecule is O=C(O)CCNC(=O)c1ccc(-c2cc(C3=CCC(C4CCCCC4)C=C3)nnc2C2CCC(OC(F)(F)F)CC2)cc1. The van der Waals surface area contributed by atoms with Gasteiger partial charge in [-0.15, -0.1) is 13.2 Å². The number of halogens is 3. The highest BCUT2D eigenvalue weighted by molar-refractivity contribution is 5.95. The van der Waals surface area contributed by atoms with Crippen LogP contribution in [0.15, 0.2) is 48.6 Å². The number of carboxylic acids is 1. The molecule has 0 bridgehead atoms. The lowest BCUT2D eigenvalue weighted by molar-refractivity contribution is -0.345. The molecule has 7 nitrogen and oxygen atoms in total. The molecule has 1 heterocycles. The van der Waals surface area contributed by atoms with Gasteiger partial charge in [-0.05, 0) is 86.1 Å². The number of ether oxygens (including phenoxy) is 1. The third-order valence-electron chi connectivity index (χ3n) is 8.95. The second kappa shape index (κ2) is 13.8. The number of aromatic nitrogens is 2. The van der Waals surface area contributed by atoms with Crippen molar-refractivity contribution in [3.05, 3.63) is 65.5 Å². The van der Waals surface area contributed by atoms with Gasteiger partial charge in [-0.1, -0.05) is 49.6 Å². The van der Waals surface area contributed by atoms with Crippen LogP contribution in [0.4, 0.5) is 13.2 Å². The van der Waals surface area contributed by atoms with Gasteiger partial charge in [-0.25, -0.2) is 0 Å². The van der Waals surface area contributed by atoms with Crippen LogP contribution < -0.4 is 5.32 Å². The summed E-state index contributed by atoms with van der Waals surface area (Å²) < 4.78 is 42.6. The van der Waals surface area contributed by atoms with Gasteiger partial charge in [0.05, 0.1) is 23.9 Å². The van der Waals surface area contributed by atoms with E-state index in [-0.39, 0.29) is 37.6 Å². The van der Waals surface area contributed by atoms with E-state index < -0.39 is 18.4 Å². The van der Waals surface area contributed by atoms with E-state index in [4.69, 9.17) is 5.11 Å². The number of alkyl halides is 3. The fourth-order valence-corrected chi connectivity index (χ4v) is 6.64. The second-order valence-electron chi connectivity index (χ2n) is 11.9. The van der Waals surface area contributed by atoms with Gasteiger partial charge in [0, 0.05) is 23.6 Å². The molecule has 0 saturated heterocycles. The van der Waals surface area contributed by atoms with Crippen LogP contribution in [0.1, 0.15) is 98.3 Å². The lowest BCUT2D eigenvalue weighted by Gasteiger charge is -2.30. The molecule has 3 aliphatic rings. The number of carbonyl (C=O) groups is 2. The van der Waals surface area contributed by atoms with Crippen molar-refractivity contribution >= 4 is 17.4 Å². The quantitative estimate of drug-likeness (QED) is 0.311. The fourth-order valence-electron chi connectivity index (χ4n) is 6.64. The number of amides is 1. The summed E-state index contributed by atoms with van der Waals surface area (Å²) >= 11 is 0. The Kier molecular flexibility index (Phi) is 9.95. The smallest absolute Gasteiger partial charge is 0.481 e. The van der Waals surface area contributed by atoms with Gasteiger partial charge in [0.2, 0.25) is 0 Å². The molecule has 1 aromatic carbocycles. The third-order valence-corrected chi connectivity index (χ3v) is 8.95. The van der Waals surface area contributed by atoms with E-state index in [1.807, 2.05) is 18.2 Å². The first-order valence-corrected chi connectivity index (χ1v) is 15.3. The van der Waals surface area contributed by atoms with Crippen LogP contribution in [0.5, 0.6) is 0 Å². The highest BCUT2D eigenvalue weighted by Gasteiger charge is 2.36. The molecule has 5 rings (SSSR count). The Morgan fingerprint density at radius 2 is 1.70 bits per heavy atom. The van der Waals surface area contributed by atoms with E-state index in [2.05, 4.69) is 38.5 Å². The van der Waals surface area contributed by atoms with Crippen molar-refractivity contribution in [1.82, 2.24) is 15.5 Å². The largest absolute Gasteiger partial charge is 0.522 e. The Hall–Kier alpha value is -3.53. The van der Waals surface area contributed by atoms with Crippen LogP contribution >= 0.6 is 0 Å². The molecule has 0 spiro atoms. The van der Waals surface area contributed by atoms with Gasteiger partial charge in [0.25, 0.3) is 5.91 Å². The number of nitrogens with zero attached hydrogens (tertiary/aromatic N) is 2. The van der Waals surface area contributed by atoms with Crippen molar-refractivity contribution in [3.63, 3.8) is 0 Å². The van der Waals surface area contributed by atoms with Crippen molar-refractivity contribution in [1.29, 1.82) is 0 Å². The summed E-state index contributed by atoms with van der Waals surface area (Å²) in [5, 5.41) is 20.7. The predicted molar refractivity (Wildman–Crippen MR) is 156 cm³/mol. The molecular formula is C33H38F3N3O4. The van der Waals surface area contributed by atoms with Gasteiger partial charge in [0.15, 0.2) is 0 Å². The van der Waals surface area contributed by atoms with E-state index in [0.29, 0.717) is 24.3 Å². The minimum Gasteiger partial charge on any atom is -0.481 e. The van der Waals surface area contributed by atoms with Gasteiger partial charge >= 0.3 is 12.3 Å². The molecule has 3 aliphatic carbocycles. The summed E-state index contributed by atoms with van der Waals surface area (Å²) in [5.41, 5.74) is 4.53. The minimum atomic E-state index is -4.65. The van der Waals surface area contributed by atoms with Crippen LogP contribution in [-0.2, 0) is 9.53 Å². The van der Waals surface area contributed by atoms with Crippen molar-refractivity contribution in [3.8, 4) is 11.1 Å². The molecule has 230 valence electrons. The maximum Gasteiger partial charge on any atom is 0.522 e. The van der Waals surface area contributed by atoms with Gasteiger partial charge in [0.1, 0.15) is 0 Å². The topological polar surface area (TPSA) is 101 Å². The van der Waals surface area contributed by atoms with Gasteiger partial charge in [-0.3, -0.25) is 14.3 Å². The number of carboxylic acid groups (broad SMARTS) is 1. The van der Waals surface area contributed by atoms with Crippen molar-refractivity contribution in [2.24, 2.45) is 11.8 Å². The molecule has 2 N–H and O–H groups in total. The monoisotopic (exact) mass is 597 g/mol. The average molecular weight is 598 g/mol. The number of benzene rings is 1. The van der Waals surface area contributed by atoms with Crippen molar-refractivity contribution in [2.75, 3.05) is 6.54 Å². The number of hydrogen-bond donors (Lipinski definition) is 2. The van der Waals surface area contributed by atoms with Crippen molar-refractivity contribution < 1.29 is 32.6 Å². The van der Waals surface area contributed by atoms with E-state index in [1.165, 1.54) is 32.1 Å². The van der Waals surface area contributed by atoms with E-state index in [9.17, 15) is 22.8 Å². The molecule has 2 fully saturated rings. The number of carbonyl (C=O) groups excluding carboxylic acids is 1. The third kappa shape index (κ3) is 8.31. The van der Waals surface area contributed by atoms with Crippen molar-refractivity contribution in [2.45, 2.75) is 89.0 Å². The molecule has 43 heavy (non-hydrogen) atoms. The molecule has 2 saturated carbocycles. The Bertz CT molecular complexity index is 1340. The number of nitrogens with one attached hydrogen (secondary N) is 1. The van der Waals surface area contributed by atoms with Crippen LogP contribution in [0.2, 0.25) is 0 Å². The maximum absolute atomic E-state index is 12.8.